The smallest absolute Gasteiger partial charge is 0.238 e. The van der Waals surface area contributed by atoms with E-state index in [-0.39, 0.29) is 5.91 Å². The van der Waals surface area contributed by atoms with Crippen LogP contribution < -0.4 is 14.8 Å². The molecule has 0 spiro atoms. The highest BCUT2D eigenvalue weighted by Gasteiger charge is 2.34. The summed E-state index contributed by atoms with van der Waals surface area (Å²) in [5.41, 5.74) is 3.01. The molecule has 0 saturated heterocycles. The zero-order chi connectivity index (χ0) is 20.9. The highest BCUT2D eigenvalue weighted by molar-refractivity contribution is 6.06. The number of rotatable bonds is 9. The molecule has 2 heterocycles. The first kappa shape index (κ1) is 20.1. The van der Waals surface area contributed by atoms with Gasteiger partial charge in [0.2, 0.25) is 5.91 Å². The van der Waals surface area contributed by atoms with E-state index < -0.39 is 5.92 Å². The number of amides is 1. The number of nitrogens with one attached hydrogen (secondary N) is 1. The molecule has 0 saturated carbocycles. The molecule has 1 unspecified atom stereocenters. The molecule has 1 N–H and O–H groups in total. The Labute approximate surface area is 174 Å². The lowest BCUT2D eigenvalue weighted by Gasteiger charge is -2.15. The number of carbonyl (C=O) groups is 1. The van der Waals surface area contributed by atoms with Crippen LogP contribution in [0.25, 0.3) is 10.9 Å². The molecule has 4 rings (SSSR count). The van der Waals surface area contributed by atoms with Gasteiger partial charge in [0, 0.05) is 24.2 Å². The van der Waals surface area contributed by atoms with Crippen LogP contribution in [0, 0.1) is 0 Å². The number of hydrogen-bond donors (Lipinski definition) is 1. The molecule has 0 radical (unpaired) electrons. The minimum Gasteiger partial charge on any atom is -0.493 e. The molecule has 1 aliphatic heterocycles. The number of para-hydroxylation sites is 1. The number of ether oxygens (including phenoxy) is 4. The summed E-state index contributed by atoms with van der Waals surface area (Å²) in [5.74, 6) is 0.490. The zero-order valence-electron chi connectivity index (χ0n) is 16.9. The number of benzene rings is 2. The lowest BCUT2D eigenvalue weighted by Crippen LogP contribution is -2.15. The maximum atomic E-state index is 12.7. The quantitative estimate of drug-likeness (QED) is 0.543. The van der Waals surface area contributed by atoms with Crippen molar-refractivity contribution in [3.63, 3.8) is 0 Å². The minimum atomic E-state index is -0.502. The second-order valence-electron chi connectivity index (χ2n) is 6.74. The van der Waals surface area contributed by atoms with E-state index in [1.165, 1.54) is 6.33 Å². The molecular weight excluding hydrogens is 386 g/mol. The maximum Gasteiger partial charge on any atom is 0.238 e. The summed E-state index contributed by atoms with van der Waals surface area (Å²) in [5, 5.41) is 3.67. The summed E-state index contributed by atoms with van der Waals surface area (Å²) in [4.78, 5) is 21.5. The highest BCUT2D eigenvalue weighted by atomic mass is 16.5. The molecule has 30 heavy (non-hydrogen) atoms. The Hall–Kier alpha value is -3.23. The van der Waals surface area contributed by atoms with E-state index in [9.17, 15) is 4.79 Å². The van der Waals surface area contributed by atoms with Crippen LogP contribution in [0.1, 0.15) is 17.2 Å². The van der Waals surface area contributed by atoms with Crippen molar-refractivity contribution < 1.29 is 23.7 Å². The van der Waals surface area contributed by atoms with Gasteiger partial charge in [0.1, 0.15) is 18.9 Å². The summed E-state index contributed by atoms with van der Waals surface area (Å²) in [7, 11) is 3.20. The van der Waals surface area contributed by atoms with Gasteiger partial charge in [-0.1, -0.05) is 18.2 Å². The van der Waals surface area contributed by atoms with Gasteiger partial charge in [-0.25, -0.2) is 9.97 Å². The molecule has 1 aromatic heterocycles. The average molecular weight is 409 g/mol. The molecule has 3 aromatic rings. The fourth-order valence-corrected chi connectivity index (χ4v) is 3.52. The third-order valence-electron chi connectivity index (χ3n) is 4.93. The van der Waals surface area contributed by atoms with Gasteiger partial charge in [0.25, 0.3) is 0 Å². The Balaban J connectivity index is 1.63. The monoisotopic (exact) mass is 409 g/mol. The van der Waals surface area contributed by atoms with E-state index in [1.54, 1.807) is 20.3 Å². The molecule has 0 bridgehead atoms. The van der Waals surface area contributed by atoms with Crippen LogP contribution >= 0.6 is 0 Å². The molecule has 0 aliphatic carbocycles. The van der Waals surface area contributed by atoms with Gasteiger partial charge in [0.15, 0.2) is 11.5 Å². The Bertz CT molecular complexity index is 1060. The Morgan fingerprint density at radius 1 is 1.00 bits per heavy atom. The SMILES string of the molecule is COCCOCCOc1cc2ncnc(C3C(=O)Nc4ccccc43)c2cc1OC. The summed E-state index contributed by atoms with van der Waals surface area (Å²) < 4.78 is 21.7. The van der Waals surface area contributed by atoms with Crippen LogP contribution in [-0.4, -0.2) is 56.5 Å². The standard InChI is InChI=1S/C22H23N3O5/c1-27-7-8-29-9-10-30-19-12-17-15(11-18(19)28-2)21(24-13-23-17)20-14-5-3-4-6-16(14)25-22(20)26/h3-6,11-13,20H,7-10H2,1-2H3,(H,25,26). The van der Waals surface area contributed by atoms with E-state index >= 15 is 0 Å². The number of methoxy groups -OCH3 is 2. The van der Waals surface area contributed by atoms with Crippen LogP contribution in [0.3, 0.4) is 0 Å². The number of fused-ring (bicyclic) bond motifs is 2. The maximum absolute atomic E-state index is 12.7. The molecule has 8 nitrogen and oxygen atoms in total. The fourth-order valence-electron chi connectivity index (χ4n) is 3.52. The summed E-state index contributed by atoms with van der Waals surface area (Å²) in [6.07, 6.45) is 1.47. The van der Waals surface area contributed by atoms with E-state index in [2.05, 4.69) is 15.3 Å². The Kier molecular flexibility index (Phi) is 6.06. The number of aromatic nitrogens is 2. The number of nitrogens with zero attached hydrogens (tertiary/aromatic N) is 2. The molecular formula is C22H23N3O5. The van der Waals surface area contributed by atoms with Crippen molar-refractivity contribution in [1.29, 1.82) is 0 Å². The second-order valence-corrected chi connectivity index (χ2v) is 6.74. The van der Waals surface area contributed by atoms with E-state index in [0.29, 0.717) is 49.1 Å². The Morgan fingerprint density at radius 2 is 1.83 bits per heavy atom. The van der Waals surface area contributed by atoms with Crippen LogP contribution in [0.4, 0.5) is 5.69 Å². The van der Waals surface area contributed by atoms with Gasteiger partial charge >= 0.3 is 0 Å². The Morgan fingerprint density at radius 3 is 2.67 bits per heavy atom. The lowest BCUT2D eigenvalue weighted by molar-refractivity contribution is -0.116. The molecule has 2 aromatic carbocycles. The van der Waals surface area contributed by atoms with Crippen molar-refractivity contribution in [3.05, 3.63) is 54.0 Å². The number of carbonyl (C=O) groups excluding carboxylic acids is 1. The third-order valence-corrected chi connectivity index (χ3v) is 4.93. The molecule has 0 fully saturated rings. The van der Waals surface area contributed by atoms with Gasteiger partial charge in [-0.2, -0.15) is 0 Å². The minimum absolute atomic E-state index is 0.108. The van der Waals surface area contributed by atoms with Gasteiger partial charge in [-0.3, -0.25) is 4.79 Å². The van der Waals surface area contributed by atoms with Gasteiger partial charge < -0.3 is 24.3 Å². The van der Waals surface area contributed by atoms with E-state index in [4.69, 9.17) is 18.9 Å². The first-order valence-electron chi connectivity index (χ1n) is 9.65. The van der Waals surface area contributed by atoms with E-state index in [0.717, 1.165) is 16.6 Å². The first-order chi connectivity index (χ1) is 14.7. The van der Waals surface area contributed by atoms with Gasteiger partial charge in [0.05, 0.1) is 38.1 Å². The summed E-state index contributed by atoms with van der Waals surface area (Å²) in [6.45, 7) is 1.84. The van der Waals surface area contributed by atoms with Crippen molar-refractivity contribution in [3.8, 4) is 11.5 Å². The van der Waals surface area contributed by atoms with Crippen LogP contribution in [0.15, 0.2) is 42.7 Å². The zero-order valence-corrected chi connectivity index (χ0v) is 16.9. The van der Waals surface area contributed by atoms with Crippen molar-refractivity contribution in [1.82, 2.24) is 9.97 Å². The van der Waals surface area contributed by atoms with Crippen molar-refractivity contribution in [2.24, 2.45) is 0 Å². The van der Waals surface area contributed by atoms with Gasteiger partial charge in [-0.15, -0.1) is 0 Å². The summed E-state index contributed by atoms with van der Waals surface area (Å²) >= 11 is 0. The largest absolute Gasteiger partial charge is 0.493 e. The molecule has 1 amide bonds. The molecule has 8 heteroatoms. The van der Waals surface area contributed by atoms with E-state index in [1.807, 2.05) is 30.3 Å². The second kappa shape index (κ2) is 9.06. The van der Waals surface area contributed by atoms with Crippen molar-refractivity contribution >= 4 is 22.5 Å². The molecule has 1 aliphatic rings. The first-order valence-corrected chi connectivity index (χ1v) is 9.65. The lowest BCUT2D eigenvalue weighted by atomic mass is 9.94. The van der Waals surface area contributed by atoms with Crippen molar-refractivity contribution in [2.75, 3.05) is 46.0 Å². The number of hydrogen-bond acceptors (Lipinski definition) is 7. The fraction of sp³-hybridized carbons (Fsp3) is 0.318. The number of anilines is 1. The predicted octanol–water partition coefficient (Wildman–Crippen LogP) is 2.76. The van der Waals surface area contributed by atoms with Crippen LogP contribution in [0.2, 0.25) is 0 Å². The summed E-state index contributed by atoms with van der Waals surface area (Å²) in [6, 6.07) is 11.2. The van der Waals surface area contributed by atoms with Gasteiger partial charge in [-0.05, 0) is 17.7 Å². The molecule has 1 atom stereocenters. The van der Waals surface area contributed by atoms with Crippen molar-refractivity contribution in [2.45, 2.75) is 5.92 Å². The third kappa shape index (κ3) is 3.92. The molecule has 156 valence electrons. The van der Waals surface area contributed by atoms with Crippen LogP contribution in [-0.2, 0) is 14.3 Å². The topological polar surface area (TPSA) is 91.8 Å². The predicted molar refractivity (Wildman–Crippen MR) is 111 cm³/mol. The highest BCUT2D eigenvalue weighted by Crippen LogP contribution is 2.40. The van der Waals surface area contributed by atoms with Crippen LogP contribution in [0.5, 0.6) is 11.5 Å². The normalized spacial score (nSPS) is 15.1. The average Bonchev–Trinajstić information content (AvgIpc) is 3.10.